The average Bonchev–Trinajstić information content (AvgIpc) is 3.09. The van der Waals surface area contributed by atoms with Gasteiger partial charge in [-0.25, -0.2) is 4.98 Å². The van der Waals surface area contributed by atoms with Crippen molar-refractivity contribution in [2.24, 2.45) is 5.41 Å². The van der Waals surface area contributed by atoms with E-state index >= 15 is 0 Å². The maximum atomic E-state index is 4.07. The molecule has 2 fully saturated rings. The number of aryl methyl sites for hydroxylation is 1. The number of hydrogen-bond acceptors (Lipinski definition) is 2. The van der Waals surface area contributed by atoms with Gasteiger partial charge in [0.25, 0.3) is 0 Å². The molecule has 0 aromatic carbocycles. The first-order valence-corrected chi connectivity index (χ1v) is 8.06. The minimum absolute atomic E-state index is 0.773. The average molecular weight is 261 g/mol. The quantitative estimate of drug-likeness (QED) is 0.824. The van der Waals surface area contributed by atoms with Gasteiger partial charge in [0.1, 0.15) is 0 Å². The van der Waals surface area contributed by atoms with Gasteiger partial charge in [0, 0.05) is 25.0 Å². The van der Waals surface area contributed by atoms with Gasteiger partial charge in [0.15, 0.2) is 0 Å². The van der Waals surface area contributed by atoms with Gasteiger partial charge in [-0.15, -0.1) is 0 Å². The van der Waals surface area contributed by atoms with Crippen molar-refractivity contribution in [1.29, 1.82) is 0 Å². The molecule has 1 aromatic heterocycles. The number of nitrogens with zero attached hydrogens (tertiary/aromatic N) is 2. The van der Waals surface area contributed by atoms with Crippen LogP contribution in [-0.2, 0) is 6.54 Å². The van der Waals surface area contributed by atoms with E-state index in [1.54, 1.807) is 0 Å². The Balaban J connectivity index is 1.31. The molecule has 0 amide bonds. The van der Waals surface area contributed by atoms with E-state index in [0.29, 0.717) is 0 Å². The Morgan fingerprint density at radius 2 is 1.95 bits per heavy atom. The van der Waals surface area contributed by atoms with Crippen LogP contribution in [0.4, 0.5) is 0 Å². The highest BCUT2D eigenvalue weighted by molar-refractivity contribution is 4.91. The Morgan fingerprint density at radius 1 is 1.16 bits per heavy atom. The smallest absolute Gasteiger partial charge is 0.0945 e. The van der Waals surface area contributed by atoms with Crippen molar-refractivity contribution in [2.45, 2.75) is 70.4 Å². The van der Waals surface area contributed by atoms with Crippen molar-refractivity contribution in [3.05, 3.63) is 18.7 Å². The number of imidazole rings is 1. The fraction of sp³-hybridized carbons (Fsp3) is 0.812. The summed E-state index contributed by atoms with van der Waals surface area (Å²) in [6.07, 6.45) is 18.8. The van der Waals surface area contributed by atoms with Crippen LogP contribution in [-0.4, -0.2) is 22.1 Å². The number of aromatic nitrogens is 2. The first kappa shape index (κ1) is 13.2. The SMILES string of the molecule is c1cn(CCCNC2CCC3(CCCC3)CC2)cn1. The van der Waals surface area contributed by atoms with E-state index in [2.05, 4.69) is 14.9 Å². The Hall–Kier alpha value is -0.830. The molecule has 0 radical (unpaired) electrons. The molecule has 0 bridgehead atoms. The maximum Gasteiger partial charge on any atom is 0.0945 e. The molecule has 2 aliphatic rings. The molecule has 0 aliphatic heterocycles. The molecule has 1 aromatic rings. The van der Waals surface area contributed by atoms with Gasteiger partial charge in [-0.1, -0.05) is 12.8 Å². The minimum Gasteiger partial charge on any atom is -0.337 e. The molecule has 1 spiro atoms. The molecule has 3 heteroatoms. The largest absolute Gasteiger partial charge is 0.337 e. The van der Waals surface area contributed by atoms with Crippen molar-refractivity contribution in [3.63, 3.8) is 0 Å². The fourth-order valence-corrected chi connectivity index (χ4v) is 4.05. The Kier molecular flexibility index (Phi) is 4.21. The molecule has 0 atom stereocenters. The first-order chi connectivity index (χ1) is 9.36. The van der Waals surface area contributed by atoms with Gasteiger partial charge in [0.05, 0.1) is 6.33 Å². The summed E-state index contributed by atoms with van der Waals surface area (Å²) in [6, 6.07) is 0.786. The van der Waals surface area contributed by atoms with Crippen LogP contribution in [0.2, 0.25) is 0 Å². The predicted molar refractivity (Wildman–Crippen MR) is 78.0 cm³/mol. The number of rotatable bonds is 5. The first-order valence-electron chi connectivity index (χ1n) is 8.06. The lowest BCUT2D eigenvalue weighted by Crippen LogP contribution is -2.37. The van der Waals surface area contributed by atoms with E-state index in [1.807, 2.05) is 18.7 Å². The second-order valence-electron chi connectivity index (χ2n) is 6.59. The molecule has 1 N–H and O–H groups in total. The summed E-state index contributed by atoms with van der Waals surface area (Å²) in [6.45, 7) is 2.24. The lowest BCUT2D eigenvalue weighted by Gasteiger charge is -2.37. The summed E-state index contributed by atoms with van der Waals surface area (Å²) in [5.74, 6) is 0. The van der Waals surface area contributed by atoms with Gasteiger partial charge >= 0.3 is 0 Å². The highest BCUT2D eigenvalue weighted by Gasteiger charge is 2.37. The van der Waals surface area contributed by atoms with Crippen LogP contribution < -0.4 is 5.32 Å². The highest BCUT2D eigenvalue weighted by Crippen LogP contribution is 2.48. The molecule has 19 heavy (non-hydrogen) atoms. The molecule has 0 saturated heterocycles. The molecule has 106 valence electrons. The van der Waals surface area contributed by atoms with Crippen molar-refractivity contribution in [1.82, 2.24) is 14.9 Å². The lowest BCUT2D eigenvalue weighted by atomic mass is 9.71. The third-order valence-corrected chi connectivity index (χ3v) is 5.30. The summed E-state index contributed by atoms with van der Waals surface area (Å²) in [7, 11) is 0. The van der Waals surface area contributed by atoms with Crippen LogP contribution in [0.15, 0.2) is 18.7 Å². The third-order valence-electron chi connectivity index (χ3n) is 5.30. The van der Waals surface area contributed by atoms with Crippen molar-refractivity contribution >= 4 is 0 Å². The van der Waals surface area contributed by atoms with Crippen LogP contribution >= 0.6 is 0 Å². The molecule has 0 unspecified atom stereocenters. The zero-order valence-electron chi connectivity index (χ0n) is 12.0. The van der Waals surface area contributed by atoms with E-state index < -0.39 is 0 Å². The summed E-state index contributed by atoms with van der Waals surface area (Å²) < 4.78 is 2.16. The summed E-state index contributed by atoms with van der Waals surface area (Å²) in [5, 5.41) is 3.76. The Bertz CT molecular complexity index is 355. The van der Waals surface area contributed by atoms with Crippen LogP contribution in [0.3, 0.4) is 0 Å². The predicted octanol–water partition coefficient (Wildman–Crippen LogP) is 3.37. The summed E-state index contributed by atoms with van der Waals surface area (Å²) >= 11 is 0. The molecule has 1 heterocycles. The van der Waals surface area contributed by atoms with Crippen LogP contribution in [0.1, 0.15) is 57.8 Å². The molecular formula is C16H27N3. The zero-order chi connectivity index (χ0) is 13.0. The molecule has 2 aliphatic carbocycles. The highest BCUT2D eigenvalue weighted by atomic mass is 15.0. The monoisotopic (exact) mass is 261 g/mol. The normalized spacial score (nSPS) is 23.2. The van der Waals surface area contributed by atoms with Gasteiger partial charge in [-0.05, 0) is 56.9 Å². The summed E-state index contributed by atoms with van der Waals surface area (Å²) in [5.41, 5.74) is 0.773. The van der Waals surface area contributed by atoms with Gasteiger partial charge in [-0.3, -0.25) is 0 Å². The van der Waals surface area contributed by atoms with E-state index in [0.717, 1.165) is 24.5 Å². The molecule has 3 nitrogen and oxygen atoms in total. The van der Waals surface area contributed by atoms with Gasteiger partial charge in [0.2, 0.25) is 0 Å². The molecular weight excluding hydrogens is 234 g/mol. The standard InChI is InChI=1S/C16H27N3/c1-2-7-16(6-1)8-4-15(5-9-16)18-10-3-12-19-13-11-17-14-19/h11,13-15,18H,1-10,12H2. The fourth-order valence-electron chi connectivity index (χ4n) is 4.05. The van der Waals surface area contributed by atoms with Crippen molar-refractivity contribution in [2.75, 3.05) is 6.54 Å². The van der Waals surface area contributed by atoms with Crippen molar-refractivity contribution < 1.29 is 0 Å². The second-order valence-corrected chi connectivity index (χ2v) is 6.59. The molecule has 2 saturated carbocycles. The van der Waals surface area contributed by atoms with Crippen molar-refractivity contribution in [3.8, 4) is 0 Å². The lowest BCUT2D eigenvalue weighted by molar-refractivity contribution is 0.168. The van der Waals surface area contributed by atoms with Crippen LogP contribution in [0.25, 0.3) is 0 Å². The van der Waals surface area contributed by atoms with E-state index in [-0.39, 0.29) is 0 Å². The zero-order valence-corrected chi connectivity index (χ0v) is 12.0. The van der Waals surface area contributed by atoms with E-state index in [9.17, 15) is 0 Å². The maximum absolute atomic E-state index is 4.07. The van der Waals surface area contributed by atoms with Crippen LogP contribution in [0, 0.1) is 5.41 Å². The second kappa shape index (κ2) is 6.08. The molecule has 3 rings (SSSR count). The number of hydrogen-bond donors (Lipinski definition) is 1. The van der Waals surface area contributed by atoms with E-state index in [1.165, 1.54) is 57.8 Å². The van der Waals surface area contributed by atoms with E-state index in [4.69, 9.17) is 0 Å². The Morgan fingerprint density at radius 3 is 2.63 bits per heavy atom. The van der Waals surface area contributed by atoms with Gasteiger partial charge in [-0.2, -0.15) is 0 Å². The van der Waals surface area contributed by atoms with Gasteiger partial charge < -0.3 is 9.88 Å². The summed E-state index contributed by atoms with van der Waals surface area (Å²) in [4.78, 5) is 4.07. The van der Waals surface area contributed by atoms with Crippen LogP contribution in [0.5, 0.6) is 0 Å². The minimum atomic E-state index is 0.773. The topological polar surface area (TPSA) is 29.9 Å². The third kappa shape index (κ3) is 3.38. The number of nitrogens with one attached hydrogen (secondary N) is 1. The Labute approximate surface area is 116 Å².